The molecule has 2 aromatic heterocycles. The number of aryl methyl sites for hydroxylation is 1. The maximum absolute atomic E-state index is 5.91. The van der Waals surface area contributed by atoms with Gasteiger partial charge in [0.15, 0.2) is 10.8 Å². The predicted molar refractivity (Wildman–Crippen MR) is 57.8 cm³/mol. The lowest BCUT2D eigenvalue weighted by molar-refractivity contribution is 0.396. The van der Waals surface area contributed by atoms with Gasteiger partial charge in [-0.05, 0) is 22.0 Å². The summed E-state index contributed by atoms with van der Waals surface area (Å²) >= 11 is 9.25. The molecule has 0 aliphatic heterocycles. The molecule has 0 aliphatic carbocycles. The second-order valence-corrected chi connectivity index (χ2v) is 3.98. The molecule has 0 saturated carbocycles. The first-order valence-electron chi connectivity index (χ1n) is 3.86. The highest BCUT2D eigenvalue weighted by molar-refractivity contribution is 9.10. The lowest BCUT2D eigenvalue weighted by atomic mass is 10.3. The third-order valence-corrected chi connectivity index (χ3v) is 2.73. The zero-order chi connectivity index (χ0) is 10.3. The van der Waals surface area contributed by atoms with Crippen LogP contribution in [-0.4, -0.2) is 21.9 Å². The third kappa shape index (κ3) is 1.36. The Bertz CT molecular complexity index is 497. The van der Waals surface area contributed by atoms with Crippen molar-refractivity contribution in [3.63, 3.8) is 0 Å². The van der Waals surface area contributed by atoms with E-state index in [0.717, 1.165) is 9.86 Å². The van der Waals surface area contributed by atoms with Crippen molar-refractivity contribution in [2.75, 3.05) is 7.11 Å². The second kappa shape index (κ2) is 3.40. The quantitative estimate of drug-likeness (QED) is 0.803. The molecule has 6 heteroatoms. The van der Waals surface area contributed by atoms with Gasteiger partial charge in [-0.2, -0.15) is 10.1 Å². The molecular weight excluding hydrogens is 269 g/mol. The average Bonchev–Trinajstić information content (AvgIpc) is 2.41. The summed E-state index contributed by atoms with van der Waals surface area (Å²) < 4.78 is 7.46. The Kier molecular flexibility index (Phi) is 2.36. The minimum absolute atomic E-state index is 0.443. The Balaban J connectivity index is 2.82. The van der Waals surface area contributed by atoms with Crippen LogP contribution in [0.4, 0.5) is 0 Å². The van der Waals surface area contributed by atoms with Crippen LogP contribution in [0.25, 0.3) is 11.0 Å². The second-order valence-electron chi connectivity index (χ2n) is 2.77. The molecule has 0 N–H and O–H groups in total. The van der Waals surface area contributed by atoms with Gasteiger partial charge in [0.25, 0.3) is 0 Å². The zero-order valence-corrected chi connectivity index (χ0v) is 9.93. The summed E-state index contributed by atoms with van der Waals surface area (Å²) in [4.78, 5) is 4.26. The van der Waals surface area contributed by atoms with E-state index in [-0.39, 0.29) is 0 Å². The van der Waals surface area contributed by atoms with Gasteiger partial charge in [-0.25, -0.2) is 4.68 Å². The average molecular weight is 277 g/mol. The molecule has 0 fully saturated rings. The van der Waals surface area contributed by atoms with Crippen molar-refractivity contribution in [2.45, 2.75) is 0 Å². The molecule has 0 spiro atoms. The molecule has 0 unspecified atom stereocenters. The van der Waals surface area contributed by atoms with E-state index in [2.05, 4.69) is 26.0 Å². The van der Waals surface area contributed by atoms with Gasteiger partial charge in [-0.1, -0.05) is 11.6 Å². The molecule has 0 aliphatic rings. The molecule has 2 aromatic rings. The number of hydrogen-bond acceptors (Lipinski definition) is 3. The lowest BCUT2D eigenvalue weighted by Gasteiger charge is -2.01. The van der Waals surface area contributed by atoms with E-state index in [1.807, 2.05) is 6.07 Å². The number of nitrogens with zero attached hydrogens (tertiary/aromatic N) is 3. The zero-order valence-electron chi connectivity index (χ0n) is 7.58. The molecule has 0 aromatic carbocycles. The van der Waals surface area contributed by atoms with Crippen LogP contribution in [0.2, 0.25) is 5.15 Å². The number of aromatic nitrogens is 3. The van der Waals surface area contributed by atoms with Gasteiger partial charge in [-0.15, -0.1) is 0 Å². The summed E-state index contributed by atoms with van der Waals surface area (Å²) in [6.07, 6.45) is 0. The Hall–Kier alpha value is -0.810. The van der Waals surface area contributed by atoms with Crippen LogP contribution in [0, 0.1) is 0 Å². The fourth-order valence-corrected chi connectivity index (χ4v) is 1.97. The van der Waals surface area contributed by atoms with E-state index in [9.17, 15) is 0 Å². The molecule has 2 heterocycles. The van der Waals surface area contributed by atoms with Crippen molar-refractivity contribution in [3.8, 4) is 5.88 Å². The van der Waals surface area contributed by atoms with E-state index in [1.165, 1.54) is 0 Å². The molecule has 0 amide bonds. The van der Waals surface area contributed by atoms with Gasteiger partial charge in [0.05, 0.1) is 17.0 Å². The summed E-state index contributed by atoms with van der Waals surface area (Å²) in [6.45, 7) is 0. The minimum atomic E-state index is 0.443. The monoisotopic (exact) mass is 275 g/mol. The summed E-state index contributed by atoms with van der Waals surface area (Å²) in [5.41, 5.74) is 0.704. The van der Waals surface area contributed by atoms with Crippen LogP contribution < -0.4 is 4.74 Å². The van der Waals surface area contributed by atoms with Gasteiger partial charge in [0.2, 0.25) is 5.88 Å². The van der Waals surface area contributed by atoms with Crippen molar-refractivity contribution in [1.29, 1.82) is 0 Å². The van der Waals surface area contributed by atoms with E-state index in [4.69, 9.17) is 16.3 Å². The van der Waals surface area contributed by atoms with Crippen LogP contribution >= 0.6 is 27.5 Å². The van der Waals surface area contributed by atoms with Gasteiger partial charge >= 0.3 is 0 Å². The summed E-state index contributed by atoms with van der Waals surface area (Å²) in [5.74, 6) is 0.525. The lowest BCUT2D eigenvalue weighted by Crippen LogP contribution is -1.94. The molecule has 2 rings (SSSR count). The maximum atomic E-state index is 5.91. The van der Waals surface area contributed by atoms with Crippen LogP contribution in [-0.2, 0) is 7.05 Å². The third-order valence-electron chi connectivity index (χ3n) is 1.88. The molecule has 0 saturated heterocycles. The van der Waals surface area contributed by atoms with E-state index < -0.39 is 0 Å². The number of hydrogen-bond donors (Lipinski definition) is 0. The highest BCUT2D eigenvalue weighted by Crippen LogP contribution is 2.29. The number of pyridine rings is 1. The smallest absolute Gasteiger partial charge is 0.229 e. The number of fused-ring (bicyclic) bond motifs is 1. The van der Waals surface area contributed by atoms with E-state index in [1.54, 1.807) is 18.8 Å². The largest absolute Gasteiger partial charge is 0.480 e. The first-order valence-corrected chi connectivity index (χ1v) is 5.03. The van der Waals surface area contributed by atoms with Crippen molar-refractivity contribution in [1.82, 2.24) is 14.8 Å². The van der Waals surface area contributed by atoms with Crippen LogP contribution in [0.3, 0.4) is 0 Å². The normalized spacial score (nSPS) is 10.9. The number of rotatable bonds is 1. The molecular formula is C8H7BrClN3O. The van der Waals surface area contributed by atoms with Crippen LogP contribution in [0.5, 0.6) is 5.88 Å². The van der Waals surface area contributed by atoms with Gasteiger partial charge in [-0.3, -0.25) is 0 Å². The Morgan fingerprint density at radius 2 is 2.29 bits per heavy atom. The van der Waals surface area contributed by atoms with Gasteiger partial charge in [0, 0.05) is 7.05 Å². The first-order chi connectivity index (χ1) is 6.63. The van der Waals surface area contributed by atoms with Crippen molar-refractivity contribution in [3.05, 3.63) is 15.7 Å². The predicted octanol–water partition coefficient (Wildman–Crippen LogP) is 2.39. The molecule has 4 nitrogen and oxygen atoms in total. The number of methoxy groups -OCH3 is 1. The minimum Gasteiger partial charge on any atom is -0.480 e. The van der Waals surface area contributed by atoms with E-state index in [0.29, 0.717) is 16.7 Å². The highest BCUT2D eigenvalue weighted by atomic mass is 79.9. The number of halogens is 2. The molecule has 74 valence electrons. The summed E-state index contributed by atoms with van der Waals surface area (Å²) in [5, 5.41) is 5.30. The van der Waals surface area contributed by atoms with Crippen LogP contribution in [0.1, 0.15) is 0 Å². The fraction of sp³-hybridized carbons (Fsp3) is 0.250. The summed E-state index contributed by atoms with van der Waals surface area (Å²) in [6, 6.07) is 1.84. The van der Waals surface area contributed by atoms with Gasteiger partial charge in [0.1, 0.15) is 0 Å². The Morgan fingerprint density at radius 1 is 1.57 bits per heavy atom. The maximum Gasteiger partial charge on any atom is 0.229 e. The summed E-state index contributed by atoms with van der Waals surface area (Å²) in [7, 11) is 3.35. The molecule has 0 atom stereocenters. The first kappa shape index (κ1) is 9.73. The standard InChI is InChI=1S/C8H7BrClN3O/c1-13-7-4(6(10)12-13)3-5(9)8(11-7)14-2/h3H,1-2H3. The topological polar surface area (TPSA) is 39.9 Å². The van der Waals surface area contributed by atoms with E-state index >= 15 is 0 Å². The molecule has 14 heavy (non-hydrogen) atoms. The molecule has 0 bridgehead atoms. The Morgan fingerprint density at radius 3 is 2.93 bits per heavy atom. The molecule has 0 radical (unpaired) electrons. The van der Waals surface area contributed by atoms with Crippen LogP contribution in [0.15, 0.2) is 10.5 Å². The van der Waals surface area contributed by atoms with Gasteiger partial charge < -0.3 is 4.74 Å². The SMILES string of the molecule is COc1nc2c(cc1Br)c(Cl)nn2C. The fourth-order valence-electron chi connectivity index (χ4n) is 1.24. The number of ether oxygens (including phenoxy) is 1. The van der Waals surface area contributed by atoms with Crippen molar-refractivity contribution >= 4 is 38.6 Å². The highest BCUT2D eigenvalue weighted by Gasteiger charge is 2.11. The van der Waals surface area contributed by atoms with Crippen molar-refractivity contribution in [2.24, 2.45) is 7.05 Å². The Labute approximate surface area is 94.0 Å². The van der Waals surface area contributed by atoms with Crippen molar-refractivity contribution < 1.29 is 4.74 Å².